The van der Waals surface area contributed by atoms with Crippen LogP contribution >= 0.6 is 11.3 Å². The molecule has 3 rings (SSSR count). The first kappa shape index (κ1) is 17.6. The lowest BCUT2D eigenvalue weighted by Gasteiger charge is -2.41. The molecule has 136 valence electrons. The minimum Gasteiger partial charge on any atom is -0.444 e. The molecule has 2 aromatic heterocycles. The number of aromatic nitrogens is 3. The molecule has 3 N–H and O–H groups in total. The number of hydrogen-bond donors (Lipinski definition) is 2. The van der Waals surface area contributed by atoms with Gasteiger partial charge in [0.15, 0.2) is 10.6 Å². The van der Waals surface area contributed by atoms with Gasteiger partial charge in [0, 0.05) is 19.6 Å². The molecule has 0 aromatic carbocycles. The number of amides is 1. The van der Waals surface area contributed by atoms with Crippen LogP contribution in [0, 0.1) is 0 Å². The number of rotatable bonds is 2. The number of anilines is 2. The maximum Gasteiger partial charge on any atom is 0.410 e. The molecule has 0 bridgehead atoms. The monoisotopic (exact) mass is 366 g/mol. The summed E-state index contributed by atoms with van der Waals surface area (Å²) in [6, 6.07) is -0.395. The number of fused-ring (bicyclic) bond motifs is 1. The average Bonchev–Trinajstić information content (AvgIpc) is 2.99. The first-order valence-electron chi connectivity index (χ1n) is 8.00. The highest BCUT2D eigenvalue weighted by molar-refractivity contribution is 7.16. The highest BCUT2D eigenvalue weighted by atomic mass is 32.1. The van der Waals surface area contributed by atoms with Gasteiger partial charge in [-0.15, -0.1) is 11.3 Å². The number of piperazine rings is 1. The lowest BCUT2D eigenvalue weighted by Crippen LogP contribution is -2.57. The summed E-state index contributed by atoms with van der Waals surface area (Å²) in [5, 5.41) is 9.75. The molecule has 1 fully saturated rings. The van der Waals surface area contributed by atoms with Gasteiger partial charge in [-0.3, -0.25) is 4.90 Å². The second kappa shape index (κ2) is 6.60. The van der Waals surface area contributed by atoms with Gasteiger partial charge in [0.1, 0.15) is 11.1 Å². The predicted octanol–water partition coefficient (Wildman–Crippen LogP) is 1.09. The van der Waals surface area contributed by atoms with Crippen LogP contribution in [0.15, 0.2) is 5.51 Å². The zero-order valence-electron chi connectivity index (χ0n) is 14.5. The van der Waals surface area contributed by atoms with Crippen LogP contribution in [0.2, 0.25) is 0 Å². The van der Waals surface area contributed by atoms with Crippen molar-refractivity contribution in [3.8, 4) is 0 Å². The molecule has 0 aliphatic carbocycles. The minimum absolute atomic E-state index is 0.170. The summed E-state index contributed by atoms with van der Waals surface area (Å²) in [5.74, 6) is 0.813. The number of hydrogen-bond acceptors (Lipinski definition) is 9. The quantitative estimate of drug-likeness (QED) is 0.811. The van der Waals surface area contributed by atoms with Gasteiger partial charge in [-0.2, -0.15) is 4.98 Å². The summed E-state index contributed by atoms with van der Waals surface area (Å²) in [6.45, 7) is 6.65. The largest absolute Gasteiger partial charge is 0.444 e. The van der Waals surface area contributed by atoms with Crippen molar-refractivity contribution in [2.24, 2.45) is 0 Å². The fraction of sp³-hybridized carbons (Fsp3) is 0.600. The number of carbonyl (C=O) groups excluding carboxylic acids is 1. The van der Waals surface area contributed by atoms with Crippen molar-refractivity contribution >= 4 is 39.5 Å². The highest BCUT2D eigenvalue weighted by Gasteiger charge is 2.34. The molecule has 3 heterocycles. The molecule has 25 heavy (non-hydrogen) atoms. The van der Waals surface area contributed by atoms with Crippen LogP contribution in [0.1, 0.15) is 20.8 Å². The second-order valence-electron chi connectivity index (χ2n) is 6.87. The van der Waals surface area contributed by atoms with E-state index < -0.39 is 17.7 Å². The third-order valence-corrected chi connectivity index (χ3v) is 4.54. The van der Waals surface area contributed by atoms with Crippen LogP contribution in [0.5, 0.6) is 0 Å². The van der Waals surface area contributed by atoms with Crippen molar-refractivity contribution < 1.29 is 14.6 Å². The molecule has 0 unspecified atom stereocenters. The number of carbonyl (C=O) groups is 1. The molecule has 0 spiro atoms. The highest BCUT2D eigenvalue weighted by Crippen LogP contribution is 2.28. The van der Waals surface area contributed by atoms with Gasteiger partial charge in [0.25, 0.3) is 0 Å². The maximum absolute atomic E-state index is 12.4. The first-order valence-corrected chi connectivity index (χ1v) is 8.88. The summed E-state index contributed by atoms with van der Waals surface area (Å²) >= 11 is 1.40. The molecule has 0 saturated carbocycles. The van der Waals surface area contributed by atoms with E-state index in [9.17, 15) is 9.90 Å². The first-order chi connectivity index (χ1) is 11.8. The average molecular weight is 366 g/mol. The van der Waals surface area contributed by atoms with E-state index in [1.807, 2.05) is 25.7 Å². The van der Waals surface area contributed by atoms with Crippen molar-refractivity contribution in [2.75, 3.05) is 36.9 Å². The molecule has 1 atom stereocenters. The van der Waals surface area contributed by atoms with Crippen LogP contribution in [0.3, 0.4) is 0 Å². The molecule has 1 aliphatic heterocycles. The molecule has 10 heteroatoms. The molecular weight excluding hydrogens is 344 g/mol. The zero-order chi connectivity index (χ0) is 18.2. The van der Waals surface area contributed by atoms with Crippen LogP contribution in [0.25, 0.3) is 10.3 Å². The van der Waals surface area contributed by atoms with E-state index in [0.717, 1.165) is 4.83 Å². The summed E-state index contributed by atoms with van der Waals surface area (Å²) in [5.41, 5.74) is 7.60. The fourth-order valence-electron chi connectivity index (χ4n) is 2.75. The Balaban J connectivity index is 1.81. The van der Waals surface area contributed by atoms with Gasteiger partial charge >= 0.3 is 6.09 Å². The summed E-state index contributed by atoms with van der Waals surface area (Å²) in [6.07, 6.45) is -0.424. The van der Waals surface area contributed by atoms with E-state index in [-0.39, 0.29) is 12.6 Å². The Morgan fingerprint density at radius 3 is 2.88 bits per heavy atom. The summed E-state index contributed by atoms with van der Waals surface area (Å²) in [4.78, 5) is 29.4. The van der Waals surface area contributed by atoms with E-state index in [2.05, 4.69) is 15.0 Å². The molecule has 1 aliphatic rings. The van der Waals surface area contributed by atoms with E-state index in [4.69, 9.17) is 10.5 Å². The van der Waals surface area contributed by atoms with Gasteiger partial charge in [-0.05, 0) is 20.8 Å². The third-order valence-electron chi connectivity index (χ3n) is 3.82. The molecule has 9 nitrogen and oxygen atoms in total. The van der Waals surface area contributed by atoms with Crippen LogP contribution < -0.4 is 10.6 Å². The van der Waals surface area contributed by atoms with Gasteiger partial charge < -0.3 is 20.5 Å². The SMILES string of the molecule is CC(C)(C)OC(=O)N1CCN(c2nc(N)nc3scnc23)C[C@@H]1CO. The number of nitrogens with two attached hydrogens (primary N) is 1. The van der Waals surface area contributed by atoms with Gasteiger partial charge in [-0.1, -0.05) is 0 Å². The Labute approximate surface area is 149 Å². The Morgan fingerprint density at radius 2 is 2.20 bits per heavy atom. The molecule has 2 aromatic rings. The number of aliphatic hydroxyl groups excluding tert-OH is 1. The van der Waals surface area contributed by atoms with Crippen molar-refractivity contribution in [2.45, 2.75) is 32.4 Å². The molecule has 1 amide bonds. The Hall–Kier alpha value is -2.20. The topological polar surface area (TPSA) is 118 Å². The normalized spacial score (nSPS) is 18.6. The van der Waals surface area contributed by atoms with E-state index in [0.29, 0.717) is 31.0 Å². The Bertz CT molecular complexity index is 774. The van der Waals surface area contributed by atoms with Crippen molar-refractivity contribution in [1.82, 2.24) is 19.9 Å². The number of nitrogen functional groups attached to an aromatic ring is 1. The van der Waals surface area contributed by atoms with Crippen LogP contribution in [-0.2, 0) is 4.74 Å². The fourth-order valence-corrected chi connectivity index (χ4v) is 3.41. The number of ether oxygens (including phenoxy) is 1. The third kappa shape index (κ3) is 3.74. The van der Waals surface area contributed by atoms with Gasteiger partial charge in [-0.25, -0.2) is 14.8 Å². The van der Waals surface area contributed by atoms with Crippen molar-refractivity contribution in [3.05, 3.63) is 5.51 Å². The lowest BCUT2D eigenvalue weighted by molar-refractivity contribution is 0.00701. The summed E-state index contributed by atoms with van der Waals surface area (Å²) < 4.78 is 5.43. The predicted molar refractivity (Wildman–Crippen MR) is 95.6 cm³/mol. The second-order valence-corrected chi connectivity index (χ2v) is 7.70. The van der Waals surface area contributed by atoms with Crippen LogP contribution in [-0.4, -0.2) is 68.9 Å². The van der Waals surface area contributed by atoms with E-state index in [1.54, 1.807) is 10.4 Å². The number of aliphatic hydroxyl groups is 1. The maximum atomic E-state index is 12.4. The molecular formula is C15H22N6O3S. The number of nitrogens with zero attached hydrogens (tertiary/aromatic N) is 5. The van der Waals surface area contributed by atoms with Crippen molar-refractivity contribution in [1.29, 1.82) is 0 Å². The van der Waals surface area contributed by atoms with E-state index >= 15 is 0 Å². The standard InChI is InChI=1S/C15H22N6O3S/c1-15(2,3)24-14(23)21-5-4-20(6-9(21)7-22)11-10-12(25-8-17-10)19-13(16)18-11/h8-9,22H,4-7H2,1-3H3,(H2,16,18,19)/t9-/m1/s1. The molecule has 0 radical (unpaired) electrons. The lowest BCUT2D eigenvalue weighted by atomic mass is 10.1. The molecule has 1 saturated heterocycles. The Kier molecular flexibility index (Phi) is 4.65. The van der Waals surface area contributed by atoms with E-state index in [1.165, 1.54) is 11.3 Å². The number of thiazole rings is 1. The van der Waals surface area contributed by atoms with Crippen LogP contribution in [0.4, 0.5) is 16.6 Å². The summed E-state index contributed by atoms with van der Waals surface area (Å²) in [7, 11) is 0. The van der Waals surface area contributed by atoms with Crippen molar-refractivity contribution in [3.63, 3.8) is 0 Å². The zero-order valence-corrected chi connectivity index (χ0v) is 15.3. The van der Waals surface area contributed by atoms with Gasteiger partial charge in [0.05, 0.1) is 18.2 Å². The smallest absolute Gasteiger partial charge is 0.410 e. The van der Waals surface area contributed by atoms with Gasteiger partial charge in [0.2, 0.25) is 5.95 Å². The minimum atomic E-state index is -0.581. The Morgan fingerprint density at radius 1 is 1.44 bits per heavy atom.